The van der Waals surface area contributed by atoms with Gasteiger partial charge in [0.1, 0.15) is 6.10 Å². The van der Waals surface area contributed by atoms with Crippen LogP contribution in [0.2, 0.25) is 0 Å². The first-order valence-electron chi connectivity index (χ1n) is 9.70. The van der Waals surface area contributed by atoms with Crippen LogP contribution in [0.1, 0.15) is 29.5 Å². The van der Waals surface area contributed by atoms with Gasteiger partial charge >= 0.3 is 0 Å². The summed E-state index contributed by atoms with van der Waals surface area (Å²) in [5, 5.41) is 10.2. The van der Waals surface area contributed by atoms with Crippen molar-refractivity contribution in [1.82, 2.24) is 4.90 Å². The number of hydrogen-bond acceptors (Lipinski definition) is 4. The van der Waals surface area contributed by atoms with Crippen molar-refractivity contribution in [2.45, 2.75) is 43.6 Å². The number of rotatable bonds is 3. The molecule has 3 aliphatic rings. The van der Waals surface area contributed by atoms with Crippen LogP contribution >= 0.6 is 0 Å². The van der Waals surface area contributed by atoms with Gasteiger partial charge in [-0.2, -0.15) is 0 Å². The van der Waals surface area contributed by atoms with E-state index in [2.05, 4.69) is 47.4 Å². The van der Waals surface area contributed by atoms with Crippen LogP contribution in [0.3, 0.4) is 0 Å². The Bertz CT molecular complexity index is 879. The van der Waals surface area contributed by atoms with Gasteiger partial charge in [0, 0.05) is 31.6 Å². The molecular formula is C23H25NO3. The van der Waals surface area contributed by atoms with E-state index >= 15 is 0 Å². The first-order valence-corrected chi connectivity index (χ1v) is 9.70. The smallest absolute Gasteiger partial charge is 0.166 e. The Kier molecular flexibility index (Phi) is 3.99. The maximum absolute atomic E-state index is 10.2. The highest BCUT2D eigenvalue weighted by Gasteiger charge is 2.52. The quantitative estimate of drug-likeness (QED) is 0.849. The molecule has 0 radical (unpaired) electrons. The van der Waals surface area contributed by atoms with E-state index < -0.39 is 6.10 Å². The summed E-state index contributed by atoms with van der Waals surface area (Å²) in [6.45, 7) is 2.83. The first kappa shape index (κ1) is 16.8. The summed E-state index contributed by atoms with van der Waals surface area (Å²) in [7, 11) is 1.69. The molecule has 2 aromatic carbocycles. The zero-order valence-corrected chi connectivity index (χ0v) is 15.6. The SMILES string of the molecule is COc1ccc2c3c1OC1C[C@@H](O)C=CC31CCN(Cc1ccccc1)C2. The van der Waals surface area contributed by atoms with Crippen LogP contribution in [-0.2, 0) is 18.5 Å². The molecule has 0 aromatic heterocycles. The van der Waals surface area contributed by atoms with Crippen molar-refractivity contribution in [1.29, 1.82) is 0 Å². The molecular weight excluding hydrogens is 338 g/mol. The van der Waals surface area contributed by atoms with E-state index in [1.165, 1.54) is 16.7 Å². The molecule has 0 saturated carbocycles. The number of aliphatic hydroxyl groups is 1. The third kappa shape index (κ3) is 2.67. The minimum absolute atomic E-state index is 0.0285. The van der Waals surface area contributed by atoms with Gasteiger partial charge in [0.15, 0.2) is 11.5 Å². The Labute approximate surface area is 160 Å². The highest BCUT2D eigenvalue weighted by Crippen LogP contribution is 2.55. The average molecular weight is 363 g/mol. The molecule has 0 saturated heterocycles. The second-order valence-corrected chi connectivity index (χ2v) is 7.89. The molecule has 140 valence electrons. The van der Waals surface area contributed by atoms with Crippen molar-refractivity contribution in [2.75, 3.05) is 13.7 Å². The van der Waals surface area contributed by atoms with Crippen LogP contribution in [0, 0.1) is 0 Å². The van der Waals surface area contributed by atoms with Crippen molar-refractivity contribution in [2.24, 2.45) is 0 Å². The lowest BCUT2D eigenvalue weighted by molar-refractivity contribution is 0.0806. The summed E-state index contributed by atoms with van der Waals surface area (Å²) in [5.74, 6) is 1.67. The van der Waals surface area contributed by atoms with E-state index in [-0.39, 0.29) is 11.5 Å². The van der Waals surface area contributed by atoms with Crippen LogP contribution in [0.25, 0.3) is 0 Å². The number of hydrogen-bond donors (Lipinski definition) is 1. The molecule has 27 heavy (non-hydrogen) atoms. The highest BCUT2D eigenvalue weighted by atomic mass is 16.5. The van der Waals surface area contributed by atoms with Crippen molar-refractivity contribution in [3.8, 4) is 11.5 Å². The predicted molar refractivity (Wildman–Crippen MR) is 104 cm³/mol. The topological polar surface area (TPSA) is 41.9 Å². The third-order valence-electron chi connectivity index (χ3n) is 6.28. The van der Waals surface area contributed by atoms with Gasteiger partial charge in [0.2, 0.25) is 0 Å². The van der Waals surface area contributed by atoms with Crippen molar-refractivity contribution in [3.05, 3.63) is 71.3 Å². The van der Waals surface area contributed by atoms with Gasteiger partial charge in [-0.05, 0) is 23.6 Å². The Hall–Kier alpha value is -2.30. The standard InChI is InChI=1S/C23H25NO3/c1-26-19-8-7-17-15-24(14-16-5-3-2-4-6-16)12-11-23-10-9-18(25)13-20(23)27-22(19)21(17)23/h2-10,18,20,25H,11-15H2,1H3/t18-,20?,23?/m0/s1. The molecule has 2 heterocycles. The second-order valence-electron chi connectivity index (χ2n) is 7.89. The van der Waals surface area contributed by atoms with Crippen LogP contribution < -0.4 is 9.47 Å². The van der Waals surface area contributed by atoms with Crippen LogP contribution in [0.5, 0.6) is 11.5 Å². The maximum atomic E-state index is 10.2. The molecule has 2 aromatic rings. The van der Waals surface area contributed by atoms with Gasteiger partial charge in [-0.1, -0.05) is 48.6 Å². The normalized spacial score (nSPS) is 28.8. The monoisotopic (exact) mass is 363 g/mol. The number of ether oxygens (including phenoxy) is 2. The van der Waals surface area contributed by atoms with Gasteiger partial charge in [-0.3, -0.25) is 4.90 Å². The molecule has 3 atom stereocenters. The Morgan fingerprint density at radius 2 is 2.07 bits per heavy atom. The third-order valence-corrected chi connectivity index (χ3v) is 6.28. The van der Waals surface area contributed by atoms with E-state index in [1.807, 2.05) is 12.1 Å². The minimum atomic E-state index is -0.437. The number of aliphatic hydroxyl groups excluding tert-OH is 1. The fourth-order valence-electron chi connectivity index (χ4n) is 4.97. The predicted octanol–water partition coefficient (Wildman–Crippen LogP) is 3.42. The Morgan fingerprint density at radius 1 is 1.22 bits per heavy atom. The first-order chi connectivity index (χ1) is 13.2. The van der Waals surface area contributed by atoms with Gasteiger partial charge < -0.3 is 14.6 Å². The average Bonchev–Trinajstić information content (AvgIpc) is 2.93. The fraction of sp³-hybridized carbons (Fsp3) is 0.391. The summed E-state index contributed by atoms with van der Waals surface area (Å²) in [6.07, 6.45) is 5.30. The zero-order chi connectivity index (χ0) is 18.4. The Morgan fingerprint density at radius 3 is 2.89 bits per heavy atom. The molecule has 0 amide bonds. The summed E-state index contributed by atoms with van der Waals surface area (Å²) in [4.78, 5) is 2.51. The van der Waals surface area contributed by atoms with Crippen molar-refractivity contribution >= 4 is 0 Å². The number of nitrogens with zero attached hydrogens (tertiary/aromatic N) is 1. The Balaban J connectivity index is 1.57. The summed E-state index contributed by atoms with van der Waals surface area (Å²) in [6, 6.07) is 14.9. The molecule has 2 aliphatic heterocycles. The van der Waals surface area contributed by atoms with Crippen LogP contribution in [-0.4, -0.2) is 35.9 Å². The molecule has 1 spiro atoms. The molecule has 0 fully saturated rings. The fourth-order valence-corrected chi connectivity index (χ4v) is 4.97. The molecule has 4 heteroatoms. The summed E-state index contributed by atoms with van der Waals surface area (Å²) < 4.78 is 12.0. The second kappa shape index (κ2) is 6.39. The molecule has 2 unspecified atom stereocenters. The molecule has 4 nitrogen and oxygen atoms in total. The largest absolute Gasteiger partial charge is 0.493 e. The lowest BCUT2D eigenvalue weighted by atomic mass is 9.69. The van der Waals surface area contributed by atoms with E-state index in [0.29, 0.717) is 6.42 Å². The van der Waals surface area contributed by atoms with Crippen LogP contribution in [0.4, 0.5) is 0 Å². The number of benzene rings is 2. The molecule has 5 rings (SSSR count). The lowest BCUT2D eigenvalue weighted by Crippen LogP contribution is -2.43. The number of methoxy groups -OCH3 is 1. The van der Waals surface area contributed by atoms with E-state index in [1.54, 1.807) is 7.11 Å². The molecule has 1 N–H and O–H groups in total. The molecule has 1 aliphatic carbocycles. The highest BCUT2D eigenvalue weighted by molar-refractivity contribution is 5.61. The maximum Gasteiger partial charge on any atom is 0.166 e. The van der Waals surface area contributed by atoms with Crippen molar-refractivity contribution in [3.63, 3.8) is 0 Å². The van der Waals surface area contributed by atoms with E-state index in [4.69, 9.17) is 9.47 Å². The van der Waals surface area contributed by atoms with E-state index in [0.717, 1.165) is 37.6 Å². The zero-order valence-electron chi connectivity index (χ0n) is 15.6. The minimum Gasteiger partial charge on any atom is -0.493 e. The molecule has 0 bridgehead atoms. The van der Waals surface area contributed by atoms with Gasteiger partial charge in [-0.25, -0.2) is 0 Å². The van der Waals surface area contributed by atoms with Gasteiger partial charge in [0.05, 0.1) is 18.6 Å². The summed E-state index contributed by atoms with van der Waals surface area (Å²) in [5.41, 5.74) is 3.75. The van der Waals surface area contributed by atoms with Gasteiger partial charge in [0.25, 0.3) is 0 Å². The van der Waals surface area contributed by atoms with E-state index in [9.17, 15) is 5.11 Å². The summed E-state index contributed by atoms with van der Waals surface area (Å²) >= 11 is 0. The van der Waals surface area contributed by atoms with Gasteiger partial charge in [-0.15, -0.1) is 0 Å². The lowest BCUT2D eigenvalue weighted by Gasteiger charge is -2.35. The van der Waals surface area contributed by atoms with Crippen LogP contribution in [0.15, 0.2) is 54.6 Å². The van der Waals surface area contributed by atoms with Crippen molar-refractivity contribution < 1.29 is 14.6 Å².